The highest BCUT2D eigenvalue weighted by Gasteiger charge is 2.26. The standard InChI is InChI=1S/C29H27ClN6O2/c1-2-23-27(36-18-21(30)8-11-26(36)33-23)28(37)32-22-9-6-19(7-10-22)20-12-15-34(16-13-20)29(38)24-4-3-5-25-31-14-17-35(24)25/h3-11,14,17-18,20H,2,12-13,15-16H2,1H3,(H,32,37). The number of rotatable bonds is 5. The monoisotopic (exact) mass is 526 g/mol. The van der Waals surface area contributed by atoms with Crippen LogP contribution in [-0.2, 0) is 6.42 Å². The lowest BCUT2D eigenvalue weighted by Gasteiger charge is -2.32. The number of nitrogens with one attached hydrogen (secondary N) is 1. The third-order valence-corrected chi connectivity index (χ3v) is 7.50. The number of imidazole rings is 2. The number of hydrogen-bond donors (Lipinski definition) is 1. The maximum atomic E-state index is 13.2. The first-order chi connectivity index (χ1) is 18.5. The molecular weight excluding hydrogens is 500 g/mol. The van der Waals surface area contributed by atoms with Crippen LogP contribution in [0, 0.1) is 0 Å². The van der Waals surface area contributed by atoms with Crippen LogP contribution in [-0.4, -0.2) is 48.6 Å². The number of fused-ring (bicyclic) bond motifs is 2. The second kappa shape index (κ2) is 9.95. The third-order valence-electron chi connectivity index (χ3n) is 7.27. The summed E-state index contributed by atoms with van der Waals surface area (Å²) in [6.45, 7) is 3.37. The predicted octanol–water partition coefficient (Wildman–Crippen LogP) is 5.47. The fourth-order valence-corrected chi connectivity index (χ4v) is 5.44. The highest BCUT2D eigenvalue weighted by Crippen LogP contribution is 2.30. The Hall–Kier alpha value is -4.17. The largest absolute Gasteiger partial charge is 0.337 e. The molecule has 192 valence electrons. The van der Waals surface area contributed by atoms with Gasteiger partial charge in [0.2, 0.25) is 0 Å². The molecule has 0 saturated carbocycles. The highest BCUT2D eigenvalue weighted by atomic mass is 35.5. The predicted molar refractivity (Wildman–Crippen MR) is 147 cm³/mol. The summed E-state index contributed by atoms with van der Waals surface area (Å²) in [5, 5.41) is 3.55. The molecule has 0 unspecified atom stereocenters. The van der Waals surface area contributed by atoms with Gasteiger partial charge in [-0.15, -0.1) is 0 Å². The minimum Gasteiger partial charge on any atom is -0.337 e. The zero-order valence-electron chi connectivity index (χ0n) is 21.0. The van der Waals surface area contributed by atoms with E-state index in [9.17, 15) is 9.59 Å². The van der Waals surface area contributed by atoms with Gasteiger partial charge in [-0.1, -0.05) is 36.7 Å². The summed E-state index contributed by atoms with van der Waals surface area (Å²) in [6, 6.07) is 17.2. The van der Waals surface area contributed by atoms with Gasteiger partial charge in [0.05, 0.1) is 10.7 Å². The summed E-state index contributed by atoms with van der Waals surface area (Å²) in [5.41, 5.74) is 5.26. The van der Waals surface area contributed by atoms with Gasteiger partial charge in [-0.2, -0.15) is 0 Å². The lowest BCUT2D eigenvalue weighted by atomic mass is 9.89. The van der Waals surface area contributed by atoms with Gasteiger partial charge in [0.25, 0.3) is 11.8 Å². The molecule has 0 atom stereocenters. The summed E-state index contributed by atoms with van der Waals surface area (Å²) in [6.07, 6.45) is 7.66. The molecule has 6 rings (SSSR count). The normalized spacial score (nSPS) is 14.3. The number of nitrogens with zero attached hydrogens (tertiary/aromatic N) is 5. The van der Waals surface area contributed by atoms with Crippen molar-refractivity contribution >= 4 is 40.4 Å². The number of piperidine rings is 1. The van der Waals surface area contributed by atoms with Crippen molar-refractivity contribution in [1.29, 1.82) is 0 Å². The average molecular weight is 527 g/mol. The van der Waals surface area contributed by atoms with Crippen LogP contribution in [0.1, 0.15) is 57.9 Å². The number of pyridine rings is 2. The molecule has 1 N–H and O–H groups in total. The highest BCUT2D eigenvalue weighted by molar-refractivity contribution is 6.30. The summed E-state index contributed by atoms with van der Waals surface area (Å²) < 4.78 is 3.58. The van der Waals surface area contributed by atoms with Crippen LogP contribution >= 0.6 is 11.6 Å². The van der Waals surface area contributed by atoms with Gasteiger partial charge in [0.1, 0.15) is 22.7 Å². The van der Waals surface area contributed by atoms with E-state index in [0.717, 1.165) is 29.9 Å². The molecule has 0 radical (unpaired) electrons. The molecule has 1 fully saturated rings. The molecule has 1 aromatic carbocycles. The zero-order chi connectivity index (χ0) is 26.2. The quantitative estimate of drug-likeness (QED) is 0.329. The Balaban J connectivity index is 1.11. The van der Waals surface area contributed by atoms with Gasteiger partial charge >= 0.3 is 0 Å². The van der Waals surface area contributed by atoms with Crippen LogP contribution in [0.4, 0.5) is 5.69 Å². The Bertz CT molecular complexity index is 1650. The fraction of sp³-hybridized carbons (Fsp3) is 0.241. The first-order valence-corrected chi connectivity index (χ1v) is 13.2. The zero-order valence-corrected chi connectivity index (χ0v) is 21.7. The van der Waals surface area contributed by atoms with Crippen LogP contribution in [0.3, 0.4) is 0 Å². The number of halogens is 1. The summed E-state index contributed by atoms with van der Waals surface area (Å²) in [7, 11) is 0. The Labute approximate surface area is 224 Å². The van der Waals surface area contributed by atoms with Gasteiger partial charge in [-0.3, -0.25) is 18.4 Å². The summed E-state index contributed by atoms with van der Waals surface area (Å²) in [4.78, 5) is 37.1. The molecule has 1 aliphatic rings. The van der Waals surface area contributed by atoms with E-state index < -0.39 is 0 Å². The smallest absolute Gasteiger partial charge is 0.274 e. The first kappa shape index (κ1) is 24.2. The molecule has 38 heavy (non-hydrogen) atoms. The van der Waals surface area contributed by atoms with E-state index in [1.54, 1.807) is 22.9 Å². The van der Waals surface area contributed by atoms with Crippen LogP contribution < -0.4 is 5.32 Å². The summed E-state index contributed by atoms with van der Waals surface area (Å²) in [5.74, 6) is 0.176. The number of anilines is 1. The number of amides is 2. The Morgan fingerprint density at radius 1 is 1.00 bits per heavy atom. The van der Waals surface area contributed by atoms with Crippen molar-refractivity contribution in [2.75, 3.05) is 18.4 Å². The topological polar surface area (TPSA) is 84.0 Å². The maximum absolute atomic E-state index is 13.2. The molecule has 9 heteroatoms. The summed E-state index contributed by atoms with van der Waals surface area (Å²) >= 11 is 6.17. The van der Waals surface area contributed by atoms with Gasteiger partial charge in [-0.25, -0.2) is 9.97 Å². The van der Waals surface area contributed by atoms with Gasteiger partial charge in [-0.05, 0) is 67.1 Å². The Morgan fingerprint density at radius 2 is 1.79 bits per heavy atom. The third kappa shape index (κ3) is 4.41. The van der Waals surface area contributed by atoms with Crippen molar-refractivity contribution in [3.63, 3.8) is 0 Å². The number of benzene rings is 1. The number of likely N-dealkylation sites (tertiary alicyclic amines) is 1. The van der Waals surface area contributed by atoms with Crippen LogP contribution in [0.25, 0.3) is 11.3 Å². The second-order valence-electron chi connectivity index (χ2n) is 9.55. The molecule has 1 aliphatic heterocycles. The average Bonchev–Trinajstić information content (AvgIpc) is 3.57. The minimum atomic E-state index is -0.218. The molecule has 0 bridgehead atoms. The van der Waals surface area contributed by atoms with Gasteiger partial charge in [0.15, 0.2) is 0 Å². The molecule has 2 amide bonds. The first-order valence-electron chi connectivity index (χ1n) is 12.8. The van der Waals surface area contributed by atoms with Crippen molar-refractivity contribution in [2.45, 2.75) is 32.1 Å². The van der Waals surface area contributed by atoms with Crippen molar-refractivity contribution in [3.8, 4) is 0 Å². The molecule has 1 saturated heterocycles. The van der Waals surface area contributed by atoms with Crippen molar-refractivity contribution in [3.05, 3.63) is 101 Å². The maximum Gasteiger partial charge on any atom is 0.274 e. The van der Waals surface area contributed by atoms with E-state index >= 15 is 0 Å². The lowest BCUT2D eigenvalue weighted by Crippen LogP contribution is -2.38. The van der Waals surface area contributed by atoms with Crippen LogP contribution in [0.5, 0.6) is 0 Å². The molecule has 5 aromatic rings. The van der Waals surface area contributed by atoms with Crippen molar-refractivity contribution in [2.24, 2.45) is 0 Å². The van der Waals surface area contributed by atoms with Crippen molar-refractivity contribution in [1.82, 2.24) is 23.7 Å². The molecular formula is C29H27ClN6O2. The molecule has 0 spiro atoms. The van der Waals surface area contributed by atoms with E-state index in [-0.39, 0.29) is 11.8 Å². The Morgan fingerprint density at radius 3 is 2.55 bits per heavy atom. The number of hydrogen-bond acceptors (Lipinski definition) is 4. The number of carbonyl (C=O) groups is 2. The van der Waals surface area contributed by atoms with E-state index in [4.69, 9.17) is 11.6 Å². The van der Waals surface area contributed by atoms with E-state index in [0.29, 0.717) is 47.5 Å². The minimum absolute atomic E-state index is 0.0326. The SMILES string of the molecule is CCc1nc2ccc(Cl)cn2c1C(=O)Nc1ccc(C2CCN(C(=O)c3cccc4nccn34)CC2)cc1. The Kier molecular flexibility index (Phi) is 6.33. The fourth-order valence-electron chi connectivity index (χ4n) is 5.28. The number of aromatic nitrogens is 4. The van der Waals surface area contributed by atoms with Gasteiger partial charge in [0, 0.05) is 37.4 Å². The second-order valence-corrected chi connectivity index (χ2v) is 9.98. The van der Waals surface area contributed by atoms with Crippen LogP contribution in [0.2, 0.25) is 5.02 Å². The molecule has 4 aromatic heterocycles. The lowest BCUT2D eigenvalue weighted by molar-refractivity contribution is 0.0705. The number of aryl methyl sites for hydroxylation is 1. The van der Waals surface area contributed by atoms with E-state index in [2.05, 4.69) is 27.4 Å². The van der Waals surface area contributed by atoms with E-state index in [1.165, 1.54) is 5.56 Å². The van der Waals surface area contributed by atoms with Crippen molar-refractivity contribution < 1.29 is 9.59 Å². The number of carbonyl (C=O) groups excluding carboxylic acids is 2. The molecule has 8 nitrogen and oxygen atoms in total. The van der Waals surface area contributed by atoms with Crippen LogP contribution in [0.15, 0.2) is 73.2 Å². The van der Waals surface area contributed by atoms with E-state index in [1.807, 2.05) is 58.8 Å². The molecule has 5 heterocycles. The van der Waals surface area contributed by atoms with Gasteiger partial charge < -0.3 is 10.2 Å². The molecule has 0 aliphatic carbocycles.